The van der Waals surface area contributed by atoms with Crippen LogP contribution in [-0.2, 0) is 0 Å². The second-order valence-electron chi connectivity index (χ2n) is 2.38. The van der Waals surface area contributed by atoms with Crippen molar-refractivity contribution in [3.63, 3.8) is 0 Å². The Bertz CT molecular complexity index is 76.8. The molecule has 1 aliphatic rings. The van der Waals surface area contributed by atoms with Crippen LogP contribution in [0.1, 0.15) is 6.42 Å². The van der Waals surface area contributed by atoms with Crippen LogP contribution in [0.15, 0.2) is 0 Å². The van der Waals surface area contributed by atoms with Crippen LogP contribution in [-0.4, -0.2) is 31.1 Å². The minimum absolute atomic E-state index is 0.614. The summed E-state index contributed by atoms with van der Waals surface area (Å²) in [6.45, 7) is 2.35. The molecule has 0 bridgehead atoms. The highest BCUT2D eigenvalue weighted by atomic mass is 32.1. The lowest BCUT2D eigenvalue weighted by atomic mass is 10.3. The van der Waals surface area contributed by atoms with Gasteiger partial charge in [0.25, 0.3) is 0 Å². The van der Waals surface area contributed by atoms with Gasteiger partial charge in [-0.1, -0.05) is 12.8 Å². The van der Waals surface area contributed by atoms with Crippen molar-refractivity contribution < 1.29 is 0 Å². The summed E-state index contributed by atoms with van der Waals surface area (Å²) in [5, 5.41) is 0. The predicted molar refractivity (Wildman–Crippen MR) is 38.0 cm³/mol. The largest absolute Gasteiger partial charge is 0.305 e. The smallest absolute Gasteiger partial charge is 0.0308 e. The number of nitrogens with one attached hydrogen (secondary N) is 1. The van der Waals surface area contributed by atoms with Crippen molar-refractivity contribution in [3.05, 3.63) is 0 Å². The van der Waals surface area contributed by atoms with E-state index in [1.54, 1.807) is 0 Å². The zero-order valence-electron chi connectivity index (χ0n) is 5.09. The van der Waals surface area contributed by atoms with E-state index in [9.17, 15) is 0 Å². The van der Waals surface area contributed by atoms with E-state index in [1.807, 2.05) is 0 Å². The highest BCUT2D eigenvalue weighted by molar-refractivity contribution is 7.78. The van der Waals surface area contributed by atoms with Crippen LogP contribution in [0.3, 0.4) is 0 Å². The van der Waals surface area contributed by atoms with Crippen molar-refractivity contribution in [2.45, 2.75) is 12.5 Å². The van der Waals surface area contributed by atoms with E-state index >= 15 is 0 Å². The lowest BCUT2D eigenvalue weighted by Crippen LogP contribution is -2.24. The molecule has 2 nitrogen and oxygen atoms in total. The first-order valence-electron chi connectivity index (χ1n) is 2.91. The minimum Gasteiger partial charge on any atom is -0.305 e. The van der Waals surface area contributed by atoms with Gasteiger partial charge in [0.05, 0.1) is 0 Å². The Morgan fingerprint density at radius 1 is 1.75 bits per heavy atom. The number of hydrogen-bond acceptors (Lipinski definition) is 3. The maximum atomic E-state index is 3.98. The Morgan fingerprint density at radius 3 is 2.75 bits per heavy atom. The van der Waals surface area contributed by atoms with Crippen LogP contribution in [0.5, 0.6) is 0 Å². The number of hydrogen-bond donors (Lipinski definition) is 2. The van der Waals surface area contributed by atoms with Crippen LogP contribution in [0.4, 0.5) is 0 Å². The predicted octanol–water partition coefficient (Wildman–Crippen LogP) is 0.125. The third kappa shape index (κ3) is 1.37. The van der Waals surface area contributed by atoms with Gasteiger partial charge >= 0.3 is 0 Å². The van der Waals surface area contributed by atoms with Gasteiger partial charge in [-0.3, -0.25) is 4.72 Å². The number of nitrogens with zero attached hydrogens (tertiary/aromatic N) is 1. The molecule has 0 saturated carbocycles. The van der Waals surface area contributed by atoms with Gasteiger partial charge in [-0.05, 0) is 20.0 Å². The molecule has 1 fully saturated rings. The number of thiol groups is 1. The molecule has 0 spiro atoms. The fourth-order valence-electron chi connectivity index (χ4n) is 1.04. The standard InChI is InChI=1S/C5H12N2S/c1-7-3-2-5(4-7)6-8/h5-6,8H,2-4H2,1H3/t5-/m1/s1. The molecule has 8 heavy (non-hydrogen) atoms. The van der Waals surface area contributed by atoms with Crippen molar-refractivity contribution >= 4 is 12.8 Å². The monoisotopic (exact) mass is 132 g/mol. The molecule has 3 heteroatoms. The van der Waals surface area contributed by atoms with E-state index in [1.165, 1.54) is 13.0 Å². The molecule has 1 rings (SSSR count). The van der Waals surface area contributed by atoms with Crippen molar-refractivity contribution in [2.24, 2.45) is 0 Å². The Hall–Kier alpha value is 0.270. The lowest BCUT2D eigenvalue weighted by molar-refractivity contribution is 0.409. The summed E-state index contributed by atoms with van der Waals surface area (Å²) >= 11 is 3.98. The Morgan fingerprint density at radius 2 is 2.50 bits per heavy atom. The molecule has 0 aromatic heterocycles. The molecule has 1 heterocycles. The van der Waals surface area contributed by atoms with Crippen LogP contribution in [0.25, 0.3) is 0 Å². The summed E-state index contributed by atoms with van der Waals surface area (Å²) < 4.78 is 2.95. The molecular weight excluding hydrogens is 120 g/mol. The Labute approximate surface area is 55.8 Å². The topological polar surface area (TPSA) is 15.3 Å². The molecule has 1 aliphatic heterocycles. The van der Waals surface area contributed by atoms with Gasteiger partial charge in [0.15, 0.2) is 0 Å². The molecular formula is C5H12N2S. The number of rotatable bonds is 1. The van der Waals surface area contributed by atoms with E-state index in [-0.39, 0.29) is 0 Å². The van der Waals surface area contributed by atoms with Gasteiger partial charge in [0.1, 0.15) is 0 Å². The average Bonchev–Trinajstić information content (AvgIpc) is 2.14. The number of likely N-dealkylation sites (N-methyl/N-ethyl adjacent to an activating group) is 1. The highest BCUT2D eigenvalue weighted by Crippen LogP contribution is 2.05. The Kier molecular flexibility index (Phi) is 2.16. The van der Waals surface area contributed by atoms with Crippen LogP contribution in [0.2, 0.25) is 0 Å². The molecule has 0 radical (unpaired) electrons. The fraction of sp³-hybridized carbons (Fsp3) is 1.00. The van der Waals surface area contributed by atoms with Gasteiger partial charge in [-0.2, -0.15) is 0 Å². The third-order valence-corrected chi connectivity index (χ3v) is 1.94. The molecule has 1 N–H and O–H groups in total. The second-order valence-corrected chi connectivity index (χ2v) is 2.64. The number of likely N-dealkylation sites (tertiary alicyclic amines) is 1. The average molecular weight is 132 g/mol. The van der Waals surface area contributed by atoms with Crippen LogP contribution < -0.4 is 4.72 Å². The molecule has 1 atom stereocenters. The van der Waals surface area contributed by atoms with Crippen molar-refractivity contribution in [1.82, 2.24) is 9.62 Å². The fourth-order valence-corrected chi connectivity index (χ4v) is 1.25. The quantitative estimate of drug-likeness (QED) is 0.493. The molecule has 0 amide bonds. The summed E-state index contributed by atoms with van der Waals surface area (Å²) in [6.07, 6.45) is 1.24. The summed E-state index contributed by atoms with van der Waals surface area (Å²) in [7, 11) is 2.13. The van der Waals surface area contributed by atoms with E-state index in [2.05, 4.69) is 29.5 Å². The van der Waals surface area contributed by atoms with Gasteiger partial charge in [-0.15, -0.1) is 0 Å². The zero-order chi connectivity index (χ0) is 5.98. The Balaban J connectivity index is 2.22. The second kappa shape index (κ2) is 2.71. The van der Waals surface area contributed by atoms with E-state index < -0.39 is 0 Å². The van der Waals surface area contributed by atoms with E-state index in [0.717, 1.165) is 6.54 Å². The lowest BCUT2D eigenvalue weighted by Gasteiger charge is -2.06. The summed E-state index contributed by atoms with van der Waals surface area (Å²) in [5.74, 6) is 0. The first kappa shape index (κ1) is 6.39. The molecule has 1 saturated heterocycles. The molecule has 0 aliphatic carbocycles. The summed E-state index contributed by atoms with van der Waals surface area (Å²) in [6, 6.07) is 0.614. The van der Waals surface area contributed by atoms with Crippen molar-refractivity contribution in [3.8, 4) is 0 Å². The normalized spacial score (nSPS) is 31.5. The summed E-state index contributed by atoms with van der Waals surface area (Å²) in [4.78, 5) is 2.30. The maximum Gasteiger partial charge on any atom is 0.0308 e. The van der Waals surface area contributed by atoms with Crippen molar-refractivity contribution in [1.29, 1.82) is 0 Å². The maximum absolute atomic E-state index is 3.98. The first-order chi connectivity index (χ1) is 3.83. The van der Waals surface area contributed by atoms with Crippen LogP contribution in [0, 0.1) is 0 Å². The third-order valence-electron chi connectivity index (χ3n) is 1.57. The highest BCUT2D eigenvalue weighted by Gasteiger charge is 2.16. The summed E-state index contributed by atoms with van der Waals surface area (Å²) in [5.41, 5.74) is 0. The SMILES string of the molecule is CN1CC[C@@H](NS)C1. The van der Waals surface area contributed by atoms with Crippen molar-refractivity contribution in [2.75, 3.05) is 20.1 Å². The molecule has 0 aromatic rings. The van der Waals surface area contributed by atoms with Gasteiger partial charge < -0.3 is 4.90 Å². The first-order valence-corrected chi connectivity index (χ1v) is 3.36. The minimum atomic E-state index is 0.614. The van der Waals surface area contributed by atoms with Crippen LogP contribution >= 0.6 is 12.8 Å². The molecule has 0 unspecified atom stereocenters. The van der Waals surface area contributed by atoms with Gasteiger partial charge in [0, 0.05) is 12.6 Å². The van der Waals surface area contributed by atoms with E-state index in [4.69, 9.17) is 0 Å². The molecule has 0 aromatic carbocycles. The van der Waals surface area contributed by atoms with Gasteiger partial charge in [-0.25, -0.2) is 0 Å². The van der Waals surface area contributed by atoms with Gasteiger partial charge in [0.2, 0.25) is 0 Å². The molecule has 48 valence electrons. The zero-order valence-corrected chi connectivity index (χ0v) is 5.99. The van der Waals surface area contributed by atoms with E-state index in [0.29, 0.717) is 6.04 Å².